The van der Waals surface area contributed by atoms with Crippen LogP contribution in [0.25, 0.3) is 0 Å². The van der Waals surface area contributed by atoms with Gasteiger partial charge < -0.3 is 5.48 Å². The summed E-state index contributed by atoms with van der Waals surface area (Å²) in [6.45, 7) is 9.08. The first kappa shape index (κ1) is 39.3. The van der Waals surface area contributed by atoms with Gasteiger partial charge in [0.25, 0.3) is 0 Å². The van der Waals surface area contributed by atoms with Gasteiger partial charge in [-0.05, 0) is 65.8 Å². The van der Waals surface area contributed by atoms with E-state index in [2.05, 4.69) is 161 Å². The zero-order valence-corrected chi connectivity index (χ0v) is 29.9. The molecule has 0 heterocycles. The van der Waals surface area contributed by atoms with E-state index in [0.29, 0.717) is 17.8 Å². The third-order valence-electron chi connectivity index (χ3n) is 7.71. The fraction of sp³-hybridized carbons (Fsp3) is 0.186. The summed E-state index contributed by atoms with van der Waals surface area (Å²) in [4.78, 5) is 4.86. The molecule has 5 aromatic rings. The third kappa shape index (κ3) is 12.7. The van der Waals surface area contributed by atoms with E-state index in [-0.39, 0.29) is 22.0 Å². The van der Waals surface area contributed by atoms with Gasteiger partial charge in [-0.25, -0.2) is 0 Å². The number of hydrogen-bond acceptors (Lipinski definition) is 1. The molecule has 5 aromatic carbocycles. The van der Waals surface area contributed by atoms with Crippen molar-refractivity contribution in [2.45, 2.75) is 34.1 Å². The van der Waals surface area contributed by atoms with Gasteiger partial charge in [0.15, 0.2) is 0 Å². The molecule has 2 N–H and O–H groups in total. The first-order valence-electron chi connectivity index (χ1n) is 16.0. The summed E-state index contributed by atoms with van der Waals surface area (Å²) in [5, 5.41) is 4.31. The summed E-state index contributed by atoms with van der Waals surface area (Å²) >= 11 is 0. The van der Waals surface area contributed by atoms with Crippen LogP contribution in [0.15, 0.2) is 180 Å². The van der Waals surface area contributed by atoms with E-state index < -0.39 is 7.92 Å². The van der Waals surface area contributed by atoms with Crippen molar-refractivity contribution in [1.82, 2.24) is 0 Å². The van der Waals surface area contributed by atoms with Crippen molar-refractivity contribution >= 4 is 30.0 Å². The Bertz CT molecular complexity index is 1480. The number of rotatable bonds is 7. The molecular weight excluding hydrogens is 636 g/mol. The van der Waals surface area contributed by atoms with Crippen LogP contribution in [0.2, 0.25) is 0 Å². The number of benzene rings is 5. The predicted molar refractivity (Wildman–Crippen MR) is 203 cm³/mol. The largest absolute Gasteiger partial charge is 0.412 e. The van der Waals surface area contributed by atoms with E-state index in [4.69, 9.17) is 4.99 Å². The zero-order valence-electron chi connectivity index (χ0n) is 27.9. The Morgan fingerprint density at radius 2 is 1.06 bits per heavy atom. The normalized spacial score (nSPS) is 13.6. The SMILES string of the molecule is CC(C)C1=C(N=Cc2ccccc2)[C@@H](C(C)C)CC=C1.O.[Ni].[c-]1ccccc1.c1ccc([PH+](c2ccccc2)c2ccccc2)cc1. The standard InChI is InChI=1S/C19H25N.C18H15P.C6H5.Ni.H2O/c1-14(2)17-11-8-12-18(15(3)4)19(17)20-13-16-9-6-5-7-10-16;1-4-10-16(11-5-1)19(17-12-6-2-7-13-17)18-14-8-3-9-15-18;1-2-4-6-5-3-1;;/h5-11,13-15,18H,12H2,1-4H3;1-15H;1-5H;;1H2/q;;-1;;/p+1/t18-;;;;/m1..../s1. The van der Waals surface area contributed by atoms with Gasteiger partial charge in [-0.1, -0.05) is 125 Å². The summed E-state index contributed by atoms with van der Waals surface area (Å²) in [5.41, 5.74) is 3.84. The molecule has 1 aliphatic rings. The quantitative estimate of drug-likeness (QED) is 0.0711. The van der Waals surface area contributed by atoms with Crippen molar-refractivity contribution in [2.75, 3.05) is 0 Å². The maximum Gasteiger partial charge on any atom is 0.102 e. The molecule has 1 atom stereocenters. The number of aliphatic imine (C=N–C) groups is 1. The molecule has 246 valence electrons. The van der Waals surface area contributed by atoms with E-state index in [1.807, 2.05) is 42.6 Å². The van der Waals surface area contributed by atoms with Crippen LogP contribution in [-0.4, -0.2) is 11.7 Å². The zero-order chi connectivity index (χ0) is 31.7. The number of hydrogen-bond donors (Lipinski definition) is 0. The van der Waals surface area contributed by atoms with Gasteiger partial charge in [0.1, 0.15) is 15.9 Å². The van der Waals surface area contributed by atoms with Crippen LogP contribution in [0.3, 0.4) is 0 Å². The maximum absolute atomic E-state index is 4.86. The van der Waals surface area contributed by atoms with Crippen molar-refractivity contribution in [1.29, 1.82) is 0 Å². The monoisotopic (exact) mass is 683 g/mol. The first-order valence-corrected chi connectivity index (χ1v) is 17.5. The van der Waals surface area contributed by atoms with Crippen LogP contribution in [0, 0.1) is 23.8 Å². The average Bonchev–Trinajstić information content (AvgIpc) is 3.10. The topological polar surface area (TPSA) is 43.9 Å². The first-order chi connectivity index (χ1) is 22.0. The molecule has 0 spiro atoms. The Morgan fingerprint density at radius 3 is 1.43 bits per heavy atom. The van der Waals surface area contributed by atoms with Gasteiger partial charge in [-0.3, -0.25) is 4.99 Å². The van der Waals surface area contributed by atoms with Gasteiger partial charge >= 0.3 is 0 Å². The molecule has 0 saturated carbocycles. The summed E-state index contributed by atoms with van der Waals surface area (Å²) in [5.74, 6) is 1.68. The Balaban J connectivity index is 0.000000268. The molecule has 0 bridgehead atoms. The average molecular weight is 685 g/mol. The van der Waals surface area contributed by atoms with Gasteiger partial charge in [-0.15, -0.1) is 0 Å². The van der Waals surface area contributed by atoms with Gasteiger partial charge in [-0.2, -0.15) is 36.4 Å². The van der Waals surface area contributed by atoms with E-state index in [1.54, 1.807) is 0 Å². The molecule has 0 unspecified atom stereocenters. The van der Waals surface area contributed by atoms with Crippen molar-refractivity contribution in [2.24, 2.45) is 22.7 Å². The fourth-order valence-electron chi connectivity index (χ4n) is 5.34. The molecule has 6 rings (SSSR count). The van der Waals surface area contributed by atoms with Crippen molar-refractivity contribution in [3.8, 4) is 0 Å². The smallest absolute Gasteiger partial charge is 0.102 e. The summed E-state index contributed by atoms with van der Waals surface area (Å²) in [6.07, 6.45) is 7.68. The second-order valence-electron chi connectivity index (χ2n) is 11.7. The molecule has 4 heteroatoms. The fourth-order valence-corrected chi connectivity index (χ4v) is 7.92. The second-order valence-corrected chi connectivity index (χ2v) is 14.2. The summed E-state index contributed by atoms with van der Waals surface area (Å²) in [6, 6.07) is 55.3. The Labute approximate surface area is 294 Å². The third-order valence-corrected chi connectivity index (χ3v) is 10.4. The summed E-state index contributed by atoms with van der Waals surface area (Å²) in [7, 11) is -0.877. The molecular formula is C43H48NNiOP. The minimum absolute atomic E-state index is 0. The minimum atomic E-state index is -0.877. The van der Waals surface area contributed by atoms with Crippen LogP contribution in [0.5, 0.6) is 0 Å². The van der Waals surface area contributed by atoms with Gasteiger partial charge in [0.05, 0.1) is 7.92 Å². The summed E-state index contributed by atoms with van der Waals surface area (Å²) < 4.78 is 0. The van der Waals surface area contributed by atoms with E-state index in [0.717, 1.165) is 6.42 Å². The second kappa shape index (κ2) is 21.8. The van der Waals surface area contributed by atoms with Crippen LogP contribution >= 0.6 is 7.92 Å². The number of allylic oxidation sites excluding steroid dienone is 4. The molecule has 47 heavy (non-hydrogen) atoms. The van der Waals surface area contributed by atoms with Crippen molar-refractivity contribution in [3.63, 3.8) is 0 Å². The minimum Gasteiger partial charge on any atom is -0.412 e. The molecule has 0 fully saturated rings. The molecule has 0 amide bonds. The molecule has 0 radical (unpaired) electrons. The predicted octanol–water partition coefficient (Wildman–Crippen LogP) is 9.08. The van der Waals surface area contributed by atoms with Crippen molar-refractivity contribution in [3.05, 3.63) is 187 Å². The Hall–Kier alpha value is -3.87. The maximum atomic E-state index is 4.86. The molecule has 1 aliphatic carbocycles. The number of nitrogens with zero attached hydrogens (tertiary/aromatic N) is 1. The van der Waals surface area contributed by atoms with Gasteiger partial charge in [0.2, 0.25) is 0 Å². The Kier molecular flexibility index (Phi) is 18.3. The molecule has 0 aromatic heterocycles. The molecule has 0 saturated heterocycles. The van der Waals surface area contributed by atoms with E-state index in [9.17, 15) is 0 Å². The van der Waals surface area contributed by atoms with Gasteiger partial charge in [0, 0.05) is 34.3 Å². The van der Waals surface area contributed by atoms with E-state index in [1.165, 1.54) is 32.7 Å². The molecule has 2 nitrogen and oxygen atoms in total. The van der Waals surface area contributed by atoms with E-state index >= 15 is 0 Å². The Morgan fingerprint density at radius 1 is 0.638 bits per heavy atom. The van der Waals surface area contributed by atoms with Crippen LogP contribution in [0.1, 0.15) is 39.7 Å². The van der Waals surface area contributed by atoms with Crippen molar-refractivity contribution < 1.29 is 22.0 Å². The van der Waals surface area contributed by atoms with Crippen LogP contribution in [0.4, 0.5) is 0 Å². The molecule has 0 aliphatic heterocycles. The van der Waals surface area contributed by atoms with Crippen LogP contribution < -0.4 is 15.9 Å². The van der Waals surface area contributed by atoms with Crippen LogP contribution in [-0.2, 0) is 16.5 Å².